The number of rotatable bonds is 8. The van der Waals surface area contributed by atoms with Crippen LogP contribution >= 0.6 is 0 Å². The van der Waals surface area contributed by atoms with E-state index in [9.17, 15) is 0 Å². The average molecular weight is 385 g/mol. The molecule has 0 fully saturated rings. The van der Waals surface area contributed by atoms with Crippen LogP contribution in [0.25, 0.3) is 0 Å². The third-order valence-corrected chi connectivity index (χ3v) is 4.50. The van der Waals surface area contributed by atoms with Gasteiger partial charge in [-0.05, 0) is 54.8 Å². The molecule has 0 spiro atoms. The summed E-state index contributed by atoms with van der Waals surface area (Å²) in [6, 6.07) is 12.4. The van der Waals surface area contributed by atoms with Gasteiger partial charge in [0, 0.05) is 32.9 Å². The summed E-state index contributed by atoms with van der Waals surface area (Å²) in [5.74, 6) is 2.22. The summed E-state index contributed by atoms with van der Waals surface area (Å²) in [6.45, 7) is 6.27. The molecule has 0 aliphatic rings. The predicted octanol–water partition coefficient (Wildman–Crippen LogP) is 3.33. The molecule has 0 heterocycles. The van der Waals surface area contributed by atoms with Gasteiger partial charge in [0.05, 0.1) is 20.8 Å². The lowest BCUT2D eigenvalue weighted by Gasteiger charge is -2.16. The smallest absolute Gasteiger partial charge is 0.191 e. The van der Waals surface area contributed by atoms with Gasteiger partial charge in [0.25, 0.3) is 0 Å². The fraction of sp³-hybridized carbons (Fsp3) is 0.409. The zero-order valence-electron chi connectivity index (χ0n) is 17.8. The van der Waals surface area contributed by atoms with Crippen LogP contribution in [0.4, 0.5) is 5.69 Å². The number of aliphatic imine (C=N–C) groups is 1. The summed E-state index contributed by atoms with van der Waals surface area (Å²) in [5, 5.41) is 6.72. The minimum Gasteiger partial charge on any atom is -0.493 e. The van der Waals surface area contributed by atoms with Gasteiger partial charge in [0.15, 0.2) is 17.5 Å². The van der Waals surface area contributed by atoms with E-state index >= 15 is 0 Å². The molecule has 2 aromatic carbocycles. The van der Waals surface area contributed by atoms with E-state index in [1.807, 2.05) is 18.2 Å². The van der Waals surface area contributed by atoms with E-state index in [1.54, 1.807) is 14.2 Å². The Bertz CT molecular complexity index is 803. The number of benzene rings is 2. The summed E-state index contributed by atoms with van der Waals surface area (Å²) in [7, 11) is 7.38. The number of nitrogens with one attached hydrogen (secondary N) is 2. The first kappa shape index (κ1) is 21.4. The van der Waals surface area contributed by atoms with E-state index in [-0.39, 0.29) is 0 Å². The Morgan fingerprint density at radius 1 is 1.00 bits per heavy atom. The van der Waals surface area contributed by atoms with Crippen molar-refractivity contribution in [2.24, 2.45) is 4.99 Å². The quantitative estimate of drug-likeness (QED) is 0.540. The van der Waals surface area contributed by atoms with Crippen LogP contribution in [0.3, 0.4) is 0 Å². The third kappa shape index (κ3) is 5.81. The molecule has 0 aliphatic heterocycles. The number of hydrogen-bond acceptors (Lipinski definition) is 4. The Balaban J connectivity index is 2.06. The molecule has 6 heteroatoms. The van der Waals surface area contributed by atoms with Crippen molar-refractivity contribution >= 4 is 11.6 Å². The second-order valence-electron chi connectivity index (χ2n) is 6.74. The maximum absolute atomic E-state index is 5.37. The molecule has 0 aromatic heterocycles. The highest BCUT2D eigenvalue weighted by molar-refractivity contribution is 5.79. The van der Waals surface area contributed by atoms with Gasteiger partial charge in [-0.3, -0.25) is 0 Å². The lowest BCUT2D eigenvalue weighted by molar-refractivity contribution is 0.354. The molecule has 0 unspecified atom stereocenters. The van der Waals surface area contributed by atoms with E-state index in [0.717, 1.165) is 30.4 Å². The average Bonchev–Trinajstić information content (AvgIpc) is 2.70. The van der Waals surface area contributed by atoms with Gasteiger partial charge in [0.2, 0.25) is 0 Å². The highest BCUT2D eigenvalue weighted by atomic mass is 16.5. The SMILES string of the molecule is CCNC(=NCc1ccc(OC)c(OC)c1)NCc1ccc(N(C)C)cc1C. The second-order valence-corrected chi connectivity index (χ2v) is 6.74. The first-order valence-corrected chi connectivity index (χ1v) is 9.48. The predicted molar refractivity (Wildman–Crippen MR) is 117 cm³/mol. The minimum atomic E-state index is 0.550. The lowest BCUT2D eigenvalue weighted by atomic mass is 10.1. The van der Waals surface area contributed by atoms with Gasteiger partial charge in [-0.15, -0.1) is 0 Å². The molecule has 0 aliphatic carbocycles. The molecule has 2 rings (SSSR count). The second kappa shape index (κ2) is 10.4. The summed E-state index contributed by atoms with van der Waals surface area (Å²) >= 11 is 0. The fourth-order valence-electron chi connectivity index (χ4n) is 2.83. The zero-order valence-corrected chi connectivity index (χ0v) is 17.8. The maximum atomic E-state index is 5.37. The highest BCUT2D eigenvalue weighted by Crippen LogP contribution is 2.27. The van der Waals surface area contributed by atoms with Crippen molar-refractivity contribution in [3.63, 3.8) is 0 Å². The fourth-order valence-corrected chi connectivity index (χ4v) is 2.83. The van der Waals surface area contributed by atoms with Gasteiger partial charge in [0.1, 0.15) is 0 Å². The molecule has 0 bridgehead atoms. The normalized spacial score (nSPS) is 11.1. The third-order valence-electron chi connectivity index (χ3n) is 4.50. The first-order valence-electron chi connectivity index (χ1n) is 9.48. The summed E-state index contributed by atoms with van der Waals surface area (Å²) < 4.78 is 10.7. The Morgan fingerprint density at radius 2 is 1.75 bits per heavy atom. The number of hydrogen-bond donors (Lipinski definition) is 2. The monoisotopic (exact) mass is 384 g/mol. The van der Waals surface area contributed by atoms with Crippen LogP contribution in [0.15, 0.2) is 41.4 Å². The molecule has 2 aromatic rings. The molecule has 6 nitrogen and oxygen atoms in total. The van der Waals surface area contributed by atoms with Crippen molar-refractivity contribution < 1.29 is 9.47 Å². The van der Waals surface area contributed by atoms with Crippen molar-refractivity contribution in [3.05, 3.63) is 53.1 Å². The van der Waals surface area contributed by atoms with Crippen molar-refractivity contribution in [1.82, 2.24) is 10.6 Å². The van der Waals surface area contributed by atoms with Crippen molar-refractivity contribution in [2.75, 3.05) is 39.8 Å². The van der Waals surface area contributed by atoms with Crippen molar-refractivity contribution in [1.29, 1.82) is 0 Å². The van der Waals surface area contributed by atoms with Gasteiger partial charge in [-0.25, -0.2) is 4.99 Å². The van der Waals surface area contributed by atoms with Gasteiger partial charge < -0.3 is 25.0 Å². The molecule has 0 radical (unpaired) electrons. The molecular formula is C22H32N4O2. The van der Waals surface area contributed by atoms with Gasteiger partial charge in [-0.2, -0.15) is 0 Å². The van der Waals surface area contributed by atoms with Crippen molar-refractivity contribution in [3.8, 4) is 11.5 Å². The Kier molecular flexibility index (Phi) is 7.99. The van der Waals surface area contributed by atoms with Crippen LogP contribution in [0, 0.1) is 6.92 Å². The molecule has 0 amide bonds. The first-order chi connectivity index (χ1) is 13.5. The van der Waals surface area contributed by atoms with Gasteiger partial charge >= 0.3 is 0 Å². The Morgan fingerprint density at radius 3 is 2.36 bits per heavy atom. The van der Waals surface area contributed by atoms with E-state index in [4.69, 9.17) is 14.5 Å². The molecular weight excluding hydrogens is 352 g/mol. The largest absolute Gasteiger partial charge is 0.493 e. The van der Waals surface area contributed by atoms with Crippen LogP contribution in [0.1, 0.15) is 23.6 Å². The molecule has 28 heavy (non-hydrogen) atoms. The summed E-state index contributed by atoms with van der Waals surface area (Å²) in [4.78, 5) is 6.80. The Hall–Kier alpha value is -2.89. The van der Waals surface area contributed by atoms with Gasteiger partial charge in [-0.1, -0.05) is 12.1 Å². The number of aryl methyl sites for hydroxylation is 1. The highest BCUT2D eigenvalue weighted by Gasteiger charge is 2.06. The van der Waals surface area contributed by atoms with E-state index < -0.39 is 0 Å². The molecule has 0 saturated carbocycles. The number of ether oxygens (including phenoxy) is 2. The minimum absolute atomic E-state index is 0.550. The maximum Gasteiger partial charge on any atom is 0.191 e. The number of nitrogens with zero attached hydrogens (tertiary/aromatic N) is 2. The van der Waals surface area contributed by atoms with Crippen LogP contribution in [0.5, 0.6) is 11.5 Å². The molecule has 0 saturated heterocycles. The van der Waals surface area contributed by atoms with Crippen LogP contribution in [-0.4, -0.2) is 40.8 Å². The van der Waals surface area contributed by atoms with E-state index in [0.29, 0.717) is 12.3 Å². The van der Waals surface area contributed by atoms with E-state index in [2.05, 4.69) is 61.7 Å². The standard InChI is InChI=1S/C22H32N4O2/c1-7-23-22(24-14-17-8-11-20(27-5)21(13-17)28-6)25-15-18-9-10-19(26(3)4)12-16(18)2/h8-13H,7,14-15H2,1-6H3,(H2,23,24,25). The summed E-state index contributed by atoms with van der Waals surface area (Å²) in [6.07, 6.45) is 0. The van der Waals surface area contributed by atoms with Crippen LogP contribution < -0.4 is 25.0 Å². The molecule has 152 valence electrons. The number of guanidine groups is 1. The Labute approximate surface area is 168 Å². The molecule has 0 atom stereocenters. The lowest BCUT2D eigenvalue weighted by Crippen LogP contribution is -2.37. The van der Waals surface area contributed by atoms with Crippen molar-refractivity contribution in [2.45, 2.75) is 26.9 Å². The summed E-state index contributed by atoms with van der Waals surface area (Å²) in [5.41, 5.74) is 4.77. The zero-order chi connectivity index (χ0) is 20.5. The van der Waals surface area contributed by atoms with Crippen LogP contribution in [-0.2, 0) is 13.1 Å². The van der Waals surface area contributed by atoms with E-state index in [1.165, 1.54) is 16.8 Å². The topological polar surface area (TPSA) is 58.1 Å². The molecule has 2 N–H and O–H groups in total. The van der Waals surface area contributed by atoms with Crippen LogP contribution in [0.2, 0.25) is 0 Å². The number of methoxy groups -OCH3 is 2. The number of anilines is 1.